The summed E-state index contributed by atoms with van der Waals surface area (Å²) in [5, 5.41) is 12.1. The van der Waals surface area contributed by atoms with Crippen LogP contribution in [0.1, 0.15) is 36.0 Å². The zero-order chi connectivity index (χ0) is 21.5. The molecule has 30 heavy (non-hydrogen) atoms. The number of phenols is 1. The van der Waals surface area contributed by atoms with Gasteiger partial charge in [-0.25, -0.2) is 13.6 Å². The Balaban J connectivity index is 1.46. The zero-order valence-electron chi connectivity index (χ0n) is 16.0. The summed E-state index contributed by atoms with van der Waals surface area (Å²) in [5.41, 5.74) is 0.549. The van der Waals surface area contributed by atoms with Gasteiger partial charge in [0.1, 0.15) is 11.3 Å². The molecule has 2 aromatic carbocycles. The van der Waals surface area contributed by atoms with Crippen molar-refractivity contribution in [3.8, 4) is 16.9 Å². The van der Waals surface area contributed by atoms with E-state index in [1.54, 1.807) is 42.5 Å². The van der Waals surface area contributed by atoms with Crippen LogP contribution in [-0.4, -0.2) is 45.7 Å². The highest BCUT2D eigenvalue weighted by Gasteiger charge is 2.55. The van der Waals surface area contributed by atoms with Crippen LogP contribution in [-0.2, 0) is 4.79 Å². The number of benzene rings is 2. The Kier molecular flexibility index (Phi) is 4.80. The number of alkyl halides is 2. The van der Waals surface area contributed by atoms with Crippen LogP contribution in [0.25, 0.3) is 11.1 Å². The van der Waals surface area contributed by atoms with Gasteiger partial charge in [0, 0.05) is 18.4 Å². The molecule has 8 heteroatoms. The smallest absolute Gasteiger partial charge is 0.325 e. The van der Waals surface area contributed by atoms with Crippen molar-refractivity contribution in [2.24, 2.45) is 0 Å². The van der Waals surface area contributed by atoms with Crippen molar-refractivity contribution in [2.45, 2.75) is 37.1 Å². The molecule has 2 N–H and O–H groups in total. The van der Waals surface area contributed by atoms with E-state index in [-0.39, 0.29) is 18.6 Å². The van der Waals surface area contributed by atoms with Gasteiger partial charge in [-0.15, -0.1) is 0 Å². The van der Waals surface area contributed by atoms with Crippen LogP contribution in [0.4, 0.5) is 13.6 Å². The molecule has 1 saturated heterocycles. The largest absolute Gasteiger partial charge is 0.508 e. The van der Waals surface area contributed by atoms with E-state index in [9.17, 15) is 28.3 Å². The molecule has 3 amide bonds. The number of halogens is 2. The Morgan fingerprint density at radius 3 is 2.30 bits per heavy atom. The third-order valence-corrected chi connectivity index (χ3v) is 5.77. The standard InChI is InChI=1S/C22H20F2N2O4/c23-22(24)10-8-21(9-11-22)19(29)26(20(30)25-21)13-18(28)15-6-4-14(5-7-15)16-2-1-3-17(27)12-16/h1-7,12,27H,8-11,13H2,(H,25,30). The second kappa shape index (κ2) is 7.19. The number of ketones is 1. The quantitative estimate of drug-likeness (QED) is 0.590. The number of imide groups is 1. The molecule has 2 aromatic rings. The number of carbonyl (C=O) groups is 3. The average molecular weight is 414 g/mol. The van der Waals surface area contributed by atoms with E-state index < -0.39 is 48.6 Å². The summed E-state index contributed by atoms with van der Waals surface area (Å²) in [7, 11) is 0. The van der Waals surface area contributed by atoms with E-state index in [0.717, 1.165) is 16.0 Å². The highest BCUT2D eigenvalue weighted by molar-refractivity contribution is 6.11. The highest BCUT2D eigenvalue weighted by atomic mass is 19.3. The molecule has 4 rings (SSSR count). The number of nitrogens with zero attached hydrogens (tertiary/aromatic N) is 1. The molecule has 1 aliphatic carbocycles. The van der Waals surface area contributed by atoms with E-state index in [2.05, 4.69) is 5.32 Å². The maximum absolute atomic E-state index is 13.5. The van der Waals surface area contributed by atoms with E-state index in [4.69, 9.17) is 0 Å². The van der Waals surface area contributed by atoms with E-state index in [0.29, 0.717) is 5.56 Å². The first-order valence-electron chi connectivity index (χ1n) is 9.64. The Morgan fingerprint density at radius 1 is 1.00 bits per heavy atom. The lowest BCUT2D eigenvalue weighted by Gasteiger charge is -2.34. The summed E-state index contributed by atoms with van der Waals surface area (Å²) >= 11 is 0. The minimum absolute atomic E-state index is 0.126. The molecular weight excluding hydrogens is 394 g/mol. The fourth-order valence-corrected chi connectivity index (χ4v) is 3.97. The minimum atomic E-state index is -2.84. The molecule has 0 radical (unpaired) electrons. The summed E-state index contributed by atoms with van der Waals surface area (Å²) in [6, 6.07) is 12.5. The van der Waals surface area contributed by atoms with Crippen molar-refractivity contribution in [2.75, 3.05) is 6.54 Å². The van der Waals surface area contributed by atoms with Crippen molar-refractivity contribution >= 4 is 17.7 Å². The predicted octanol–water partition coefficient (Wildman–Crippen LogP) is 3.74. The Morgan fingerprint density at radius 2 is 1.67 bits per heavy atom. The third kappa shape index (κ3) is 3.65. The van der Waals surface area contributed by atoms with Crippen LogP contribution >= 0.6 is 0 Å². The third-order valence-electron chi connectivity index (χ3n) is 5.77. The number of Topliss-reactive ketones (excluding diaryl/α,β-unsaturated/α-hetero) is 1. The second-order valence-electron chi connectivity index (χ2n) is 7.81. The van der Waals surface area contributed by atoms with Crippen LogP contribution in [0.15, 0.2) is 48.5 Å². The van der Waals surface area contributed by atoms with Crippen LogP contribution < -0.4 is 5.32 Å². The summed E-state index contributed by atoms with van der Waals surface area (Å²) in [6.07, 6.45) is -1.24. The lowest BCUT2D eigenvalue weighted by Crippen LogP contribution is -2.51. The maximum Gasteiger partial charge on any atom is 0.325 e. The van der Waals surface area contributed by atoms with Crippen LogP contribution in [0.2, 0.25) is 0 Å². The number of amides is 3. The van der Waals surface area contributed by atoms with Gasteiger partial charge in [-0.1, -0.05) is 36.4 Å². The number of phenolic OH excluding ortho intramolecular Hbond substituents is 1. The van der Waals surface area contributed by atoms with E-state index in [1.807, 2.05) is 6.07 Å². The zero-order valence-corrected chi connectivity index (χ0v) is 16.0. The predicted molar refractivity (Wildman–Crippen MR) is 104 cm³/mol. The molecule has 0 unspecified atom stereocenters. The minimum Gasteiger partial charge on any atom is -0.508 e. The Bertz CT molecular complexity index is 1010. The SMILES string of the molecule is O=C(CN1C(=O)NC2(CCC(F)(F)CC2)C1=O)c1ccc(-c2cccc(O)c2)cc1. The lowest BCUT2D eigenvalue weighted by molar-refractivity contribution is -0.135. The second-order valence-corrected chi connectivity index (χ2v) is 7.81. The van der Waals surface area contributed by atoms with Gasteiger partial charge in [-0.2, -0.15) is 0 Å². The number of hydrogen-bond acceptors (Lipinski definition) is 4. The summed E-state index contributed by atoms with van der Waals surface area (Å²) in [4.78, 5) is 38.5. The van der Waals surface area contributed by atoms with Crippen molar-refractivity contribution in [3.05, 3.63) is 54.1 Å². The summed E-state index contributed by atoms with van der Waals surface area (Å²) in [5.74, 6) is -3.76. The van der Waals surface area contributed by atoms with Gasteiger partial charge in [-0.3, -0.25) is 14.5 Å². The number of urea groups is 1. The van der Waals surface area contributed by atoms with Gasteiger partial charge in [0.15, 0.2) is 5.78 Å². The number of carbonyl (C=O) groups excluding carboxylic acids is 3. The van der Waals surface area contributed by atoms with Crippen LogP contribution in [0.5, 0.6) is 5.75 Å². The molecule has 0 aromatic heterocycles. The topological polar surface area (TPSA) is 86.7 Å². The first-order valence-corrected chi connectivity index (χ1v) is 9.64. The van der Waals surface area contributed by atoms with E-state index in [1.165, 1.54) is 0 Å². The Labute approximate surface area is 171 Å². The molecule has 2 fully saturated rings. The number of aromatic hydroxyl groups is 1. The van der Waals surface area contributed by atoms with E-state index >= 15 is 0 Å². The maximum atomic E-state index is 13.5. The molecule has 1 heterocycles. The first-order chi connectivity index (χ1) is 14.2. The van der Waals surface area contributed by atoms with Gasteiger partial charge in [-0.05, 0) is 36.1 Å². The van der Waals surface area contributed by atoms with Crippen molar-refractivity contribution in [1.29, 1.82) is 0 Å². The van der Waals surface area contributed by atoms with Crippen molar-refractivity contribution < 1.29 is 28.3 Å². The highest BCUT2D eigenvalue weighted by Crippen LogP contribution is 2.41. The Hall–Kier alpha value is -3.29. The van der Waals surface area contributed by atoms with Crippen LogP contribution in [0, 0.1) is 0 Å². The van der Waals surface area contributed by atoms with Gasteiger partial charge in [0.2, 0.25) is 5.92 Å². The average Bonchev–Trinajstić information content (AvgIpc) is 2.95. The van der Waals surface area contributed by atoms with Crippen LogP contribution in [0.3, 0.4) is 0 Å². The molecule has 0 atom stereocenters. The fourth-order valence-electron chi connectivity index (χ4n) is 3.97. The summed E-state index contributed by atoms with van der Waals surface area (Å²) in [6.45, 7) is -0.450. The number of hydrogen-bond donors (Lipinski definition) is 2. The molecule has 1 saturated carbocycles. The number of nitrogens with one attached hydrogen (secondary N) is 1. The molecule has 6 nitrogen and oxygen atoms in total. The van der Waals surface area contributed by atoms with Gasteiger partial charge in [0.25, 0.3) is 5.91 Å². The normalized spacial score (nSPS) is 19.7. The summed E-state index contributed by atoms with van der Waals surface area (Å²) < 4.78 is 26.9. The molecule has 1 aliphatic heterocycles. The monoisotopic (exact) mass is 414 g/mol. The van der Waals surface area contributed by atoms with Crippen molar-refractivity contribution in [1.82, 2.24) is 10.2 Å². The van der Waals surface area contributed by atoms with Gasteiger partial charge in [0.05, 0.1) is 6.54 Å². The lowest BCUT2D eigenvalue weighted by atomic mass is 9.80. The fraction of sp³-hybridized carbons (Fsp3) is 0.318. The van der Waals surface area contributed by atoms with Gasteiger partial charge >= 0.3 is 6.03 Å². The van der Waals surface area contributed by atoms with Crippen molar-refractivity contribution in [3.63, 3.8) is 0 Å². The molecular formula is C22H20F2N2O4. The molecule has 1 spiro atoms. The molecule has 156 valence electrons. The first kappa shape index (κ1) is 20.0. The molecule has 2 aliphatic rings. The number of rotatable bonds is 4. The molecule has 0 bridgehead atoms. The van der Waals surface area contributed by atoms with Gasteiger partial charge < -0.3 is 10.4 Å².